The number of carbonyl (C=O) groups is 1. The van der Waals surface area contributed by atoms with Crippen LogP contribution in [0.4, 0.5) is 5.82 Å². The lowest BCUT2D eigenvalue weighted by atomic mass is 9.96. The zero-order chi connectivity index (χ0) is 17.4. The van der Waals surface area contributed by atoms with E-state index in [0.29, 0.717) is 13.2 Å². The van der Waals surface area contributed by atoms with Crippen LogP contribution >= 0.6 is 11.3 Å². The maximum Gasteiger partial charge on any atom is 0.227 e. The van der Waals surface area contributed by atoms with Crippen molar-refractivity contribution in [3.63, 3.8) is 0 Å². The van der Waals surface area contributed by atoms with Gasteiger partial charge in [0.25, 0.3) is 0 Å². The smallest absolute Gasteiger partial charge is 0.227 e. The van der Waals surface area contributed by atoms with Crippen molar-refractivity contribution < 1.29 is 9.53 Å². The molecule has 1 amide bonds. The van der Waals surface area contributed by atoms with E-state index in [2.05, 4.69) is 28.7 Å². The molecule has 6 nitrogen and oxygen atoms in total. The molecule has 4 heterocycles. The van der Waals surface area contributed by atoms with E-state index in [-0.39, 0.29) is 11.8 Å². The maximum absolute atomic E-state index is 12.9. The van der Waals surface area contributed by atoms with Crippen LogP contribution in [0.2, 0.25) is 0 Å². The van der Waals surface area contributed by atoms with Gasteiger partial charge < -0.3 is 14.5 Å². The lowest BCUT2D eigenvalue weighted by molar-refractivity contribution is -0.139. The van der Waals surface area contributed by atoms with Gasteiger partial charge in [0.2, 0.25) is 5.91 Å². The molecule has 0 bridgehead atoms. The van der Waals surface area contributed by atoms with Gasteiger partial charge in [0.15, 0.2) is 0 Å². The fraction of sp³-hybridized carbons (Fsp3) is 0.611. The van der Waals surface area contributed by atoms with Gasteiger partial charge in [-0.15, -0.1) is 11.3 Å². The van der Waals surface area contributed by atoms with Crippen LogP contribution in [0.3, 0.4) is 0 Å². The first-order valence-corrected chi connectivity index (χ1v) is 9.79. The van der Waals surface area contributed by atoms with Crippen molar-refractivity contribution >= 4 is 33.3 Å². The van der Waals surface area contributed by atoms with Crippen molar-refractivity contribution in [3.8, 4) is 0 Å². The summed E-state index contributed by atoms with van der Waals surface area (Å²) in [6, 6.07) is 0. The summed E-state index contributed by atoms with van der Waals surface area (Å²) in [6.07, 6.45) is 3.64. The first-order valence-electron chi connectivity index (χ1n) is 8.97. The van der Waals surface area contributed by atoms with E-state index in [1.807, 2.05) is 4.90 Å². The molecule has 0 saturated carbocycles. The van der Waals surface area contributed by atoms with Crippen LogP contribution in [-0.2, 0) is 9.53 Å². The van der Waals surface area contributed by atoms with Gasteiger partial charge in [-0.05, 0) is 32.3 Å². The van der Waals surface area contributed by atoms with E-state index in [4.69, 9.17) is 4.74 Å². The molecular weight excluding hydrogens is 336 g/mol. The summed E-state index contributed by atoms with van der Waals surface area (Å²) in [5.41, 5.74) is 1.26. The van der Waals surface area contributed by atoms with Gasteiger partial charge in [0, 0.05) is 31.1 Å². The number of nitrogens with zero attached hydrogens (tertiary/aromatic N) is 4. The summed E-state index contributed by atoms with van der Waals surface area (Å²) in [5.74, 6) is 1.32. The first kappa shape index (κ1) is 16.7. The number of thiophene rings is 1. The second-order valence-electron chi connectivity index (χ2n) is 6.88. The van der Waals surface area contributed by atoms with Gasteiger partial charge in [0.05, 0.1) is 24.5 Å². The van der Waals surface area contributed by atoms with Crippen LogP contribution in [0, 0.1) is 19.8 Å². The zero-order valence-corrected chi connectivity index (χ0v) is 15.6. The molecule has 1 unspecified atom stereocenters. The highest BCUT2D eigenvalue weighted by atomic mass is 32.1. The van der Waals surface area contributed by atoms with E-state index in [9.17, 15) is 4.79 Å². The zero-order valence-electron chi connectivity index (χ0n) is 14.8. The number of morpholine rings is 1. The normalized spacial score (nSPS) is 21.8. The Morgan fingerprint density at radius 3 is 2.84 bits per heavy atom. The molecule has 1 atom stereocenters. The van der Waals surface area contributed by atoms with Crippen LogP contribution in [0.5, 0.6) is 0 Å². The Labute approximate surface area is 151 Å². The number of piperidine rings is 1. The van der Waals surface area contributed by atoms with Crippen molar-refractivity contribution in [2.24, 2.45) is 5.92 Å². The Kier molecular flexibility index (Phi) is 4.60. The molecule has 0 aliphatic carbocycles. The Morgan fingerprint density at radius 1 is 1.24 bits per heavy atom. The second kappa shape index (κ2) is 6.88. The number of aromatic nitrogens is 2. The Hall–Kier alpha value is -1.73. The lowest BCUT2D eigenvalue weighted by Gasteiger charge is -2.36. The van der Waals surface area contributed by atoms with Gasteiger partial charge in [0.1, 0.15) is 17.0 Å². The highest BCUT2D eigenvalue weighted by Gasteiger charge is 2.31. The summed E-state index contributed by atoms with van der Waals surface area (Å²) in [6.45, 7) is 8.72. The maximum atomic E-state index is 12.9. The molecule has 4 rings (SSSR count). The minimum Gasteiger partial charge on any atom is -0.378 e. The van der Waals surface area contributed by atoms with Crippen LogP contribution in [0.25, 0.3) is 10.2 Å². The van der Waals surface area contributed by atoms with Crippen LogP contribution < -0.4 is 4.90 Å². The molecule has 2 aromatic heterocycles. The van der Waals surface area contributed by atoms with E-state index >= 15 is 0 Å². The number of hydrogen-bond donors (Lipinski definition) is 0. The number of carbonyl (C=O) groups excluding carboxylic acids is 1. The third kappa shape index (κ3) is 3.11. The largest absolute Gasteiger partial charge is 0.378 e. The molecule has 25 heavy (non-hydrogen) atoms. The van der Waals surface area contributed by atoms with Gasteiger partial charge in [-0.2, -0.15) is 0 Å². The molecular formula is C18H24N4O2S. The monoisotopic (exact) mass is 360 g/mol. The first-order chi connectivity index (χ1) is 12.1. The Morgan fingerprint density at radius 2 is 2.04 bits per heavy atom. The van der Waals surface area contributed by atoms with Gasteiger partial charge in [-0.1, -0.05) is 0 Å². The SMILES string of the molecule is Cc1sc2ncnc(N3CCCC(C(=O)N4CCOCC4)C3)c2c1C. The van der Waals surface area contributed by atoms with E-state index in [1.54, 1.807) is 17.7 Å². The molecule has 2 saturated heterocycles. The predicted octanol–water partition coefficient (Wildman–Crippen LogP) is 2.38. The van der Waals surface area contributed by atoms with Crippen molar-refractivity contribution in [3.05, 3.63) is 16.8 Å². The molecule has 2 aliphatic heterocycles. The van der Waals surface area contributed by atoms with Crippen molar-refractivity contribution in [1.82, 2.24) is 14.9 Å². The van der Waals surface area contributed by atoms with Crippen LogP contribution in [0.1, 0.15) is 23.3 Å². The van der Waals surface area contributed by atoms with Crippen LogP contribution in [0.15, 0.2) is 6.33 Å². The fourth-order valence-corrected chi connectivity index (χ4v) is 4.81. The van der Waals surface area contributed by atoms with Crippen LogP contribution in [-0.4, -0.2) is 60.2 Å². The average Bonchev–Trinajstić information content (AvgIpc) is 2.96. The second-order valence-corrected chi connectivity index (χ2v) is 8.09. The van der Waals surface area contributed by atoms with Gasteiger partial charge >= 0.3 is 0 Å². The average molecular weight is 360 g/mol. The van der Waals surface area contributed by atoms with Gasteiger partial charge in [-0.25, -0.2) is 9.97 Å². The molecule has 2 aliphatic rings. The molecule has 0 radical (unpaired) electrons. The molecule has 7 heteroatoms. The predicted molar refractivity (Wildman–Crippen MR) is 99.2 cm³/mol. The fourth-order valence-electron chi connectivity index (χ4n) is 3.82. The Balaban J connectivity index is 1.58. The summed E-state index contributed by atoms with van der Waals surface area (Å²) in [7, 11) is 0. The van der Waals surface area contributed by atoms with E-state index in [0.717, 1.165) is 55.1 Å². The molecule has 134 valence electrons. The summed E-state index contributed by atoms with van der Waals surface area (Å²) in [5, 5.41) is 1.16. The number of rotatable bonds is 2. The summed E-state index contributed by atoms with van der Waals surface area (Å²) in [4.78, 5) is 28.5. The van der Waals surface area contributed by atoms with Gasteiger partial charge in [-0.3, -0.25) is 4.79 Å². The van der Waals surface area contributed by atoms with E-state index in [1.165, 1.54) is 10.4 Å². The third-order valence-electron chi connectivity index (χ3n) is 5.34. The highest BCUT2D eigenvalue weighted by molar-refractivity contribution is 7.18. The topological polar surface area (TPSA) is 58.6 Å². The van der Waals surface area contributed by atoms with E-state index < -0.39 is 0 Å². The van der Waals surface area contributed by atoms with Crippen molar-refractivity contribution in [1.29, 1.82) is 0 Å². The standard InChI is InChI=1S/C18H24N4O2S/c1-12-13(2)25-17-15(12)16(19-11-20-17)22-5-3-4-14(10-22)18(23)21-6-8-24-9-7-21/h11,14H,3-10H2,1-2H3. The Bertz CT molecular complexity index is 785. The summed E-state index contributed by atoms with van der Waals surface area (Å²) >= 11 is 1.72. The summed E-state index contributed by atoms with van der Waals surface area (Å²) < 4.78 is 5.37. The highest BCUT2D eigenvalue weighted by Crippen LogP contribution is 2.35. The lowest BCUT2D eigenvalue weighted by Crippen LogP contribution is -2.48. The molecule has 2 aromatic rings. The molecule has 2 fully saturated rings. The number of amides is 1. The quantitative estimate of drug-likeness (QED) is 0.823. The minimum atomic E-state index is 0.0527. The number of aryl methyl sites for hydroxylation is 2. The molecule has 0 N–H and O–H groups in total. The molecule has 0 spiro atoms. The number of fused-ring (bicyclic) bond motifs is 1. The minimum absolute atomic E-state index is 0.0527. The number of anilines is 1. The number of hydrogen-bond acceptors (Lipinski definition) is 6. The van der Waals surface area contributed by atoms with Crippen molar-refractivity contribution in [2.75, 3.05) is 44.3 Å². The number of ether oxygens (including phenoxy) is 1. The third-order valence-corrected chi connectivity index (χ3v) is 6.45. The van der Waals surface area contributed by atoms with Crippen molar-refractivity contribution in [2.45, 2.75) is 26.7 Å². The molecule has 0 aromatic carbocycles.